The summed E-state index contributed by atoms with van der Waals surface area (Å²) in [6.07, 6.45) is 0.965. The Morgan fingerprint density at radius 2 is 1.91 bits per heavy atom. The highest BCUT2D eigenvalue weighted by atomic mass is 32.2. The summed E-state index contributed by atoms with van der Waals surface area (Å²) in [5.41, 5.74) is 1.14. The number of aliphatic carboxylic acids is 1. The number of benzene rings is 1. The molecule has 1 aromatic rings. The molecular formula is C15H22N2O4S. The third-order valence-corrected chi connectivity index (χ3v) is 5.28. The summed E-state index contributed by atoms with van der Waals surface area (Å²) in [5, 5.41) is 9.05. The van der Waals surface area contributed by atoms with Crippen molar-refractivity contribution in [2.45, 2.75) is 32.0 Å². The minimum atomic E-state index is -3.41. The topological polar surface area (TPSA) is 77.9 Å². The summed E-state index contributed by atoms with van der Waals surface area (Å²) in [5.74, 6) is -0.979. The molecule has 1 saturated heterocycles. The highest BCUT2D eigenvalue weighted by Crippen LogP contribution is 2.22. The van der Waals surface area contributed by atoms with Gasteiger partial charge in [-0.15, -0.1) is 0 Å². The van der Waals surface area contributed by atoms with Crippen molar-refractivity contribution in [2.24, 2.45) is 0 Å². The number of carboxylic acid groups (broad SMARTS) is 1. The average molecular weight is 326 g/mol. The van der Waals surface area contributed by atoms with Crippen LogP contribution in [0.3, 0.4) is 0 Å². The number of hydrogen-bond donors (Lipinski definition) is 1. The molecule has 0 aliphatic carbocycles. The predicted molar refractivity (Wildman–Crippen MR) is 83.9 cm³/mol. The van der Waals surface area contributed by atoms with E-state index in [9.17, 15) is 13.2 Å². The molecule has 0 radical (unpaired) electrons. The van der Waals surface area contributed by atoms with E-state index in [1.165, 1.54) is 4.31 Å². The lowest BCUT2D eigenvalue weighted by Gasteiger charge is -2.43. The van der Waals surface area contributed by atoms with Gasteiger partial charge in [0.2, 0.25) is 10.0 Å². The van der Waals surface area contributed by atoms with Crippen LogP contribution in [0.15, 0.2) is 30.3 Å². The molecule has 2 rings (SSSR count). The van der Waals surface area contributed by atoms with Crippen molar-refractivity contribution in [3.63, 3.8) is 0 Å². The molecule has 0 spiro atoms. The minimum absolute atomic E-state index is 0.0416. The van der Waals surface area contributed by atoms with Crippen LogP contribution in [-0.4, -0.2) is 60.1 Å². The van der Waals surface area contributed by atoms with E-state index < -0.39 is 22.0 Å². The monoisotopic (exact) mass is 326 g/mol. The quantitative estimate of drug-likeness (QED) is 0.873. The first-order valence-electron chi connectivity index (χ1n) is 7.24. The molecule has 122 valence electrons. The zero-order valence-corrected chi connectivity index (χ0v) is 13.7. The van der Waals surface area contributed by atoms with E-state index in [2.05, 4.69) is 4.90 Å². The maximum atomic E-state index is 11.9. The van der Waals surface area contributed by atoms with E-state index in [0.717, 1.165) is 11.8 Å². The summed E-state index contributed by atoms with van der Waals surface area (Å²) in [7, 11) is -3.41. The largest absolute Gasteiger partial charge is 0.481 e. The lowest BCUT2D eigenvalue weighted by Crippen LogP contribution is -2.58. The van der Waals surface area contributed by atoms with Crippen LogP contribution < -0.4 is 0 Å². The van der Waals surface area contributed by atoms with Gasteiger partial charge in [0.15, 0.2) is 0 Å². The van der Waals surface area contributed by atoms with Gasteiger partial charge < -0.3 is 5.11 Å². The molecule has 1 aromatic carbocycles. The van der Waals surface area contributed by atoms with Crippen molar-refractivity contribution in [1.82, 2.24) is 9.21 Å². The molecule has 0 amide bonds. The first-order valence-corrected chi connectivity index (χ1v) is 9.09. The molecule has 0 aromatic heterocycles. The Balaban J connectivity index is 2.16. The fourth-order valence-corrected chi connectivity index (χ4v) is 4.05. The van der Waals surface area contributed by atoms with E-state index in [4.69, 9.17) is 5.11 Å². The van der Waals surface area contributed by atoms with E-state index in [-0.39, 0.29) is 12.5 Å². The van der Waals surface area contributed by atoms with Gasteiger partial charge in [-0.25, -0.2) is 8.42 Å². The highest BCUT2D eigenvalue weighted by Gasteiger charge is 2.37. The molecule has 1 aliphatic rings. The SMILES string of the molecule is C[C@@H]1CN(S(C)(=O)=O)[C@H](CC(=O)O)CN1Cc1ccccc1. The van der Waals surface area contributed by atoms with Gasteiger partial charge in [-0.3, -0.25) is 9.69 Å². The molecule has 6 nitrogen and oxygen atoms in total. The standard InChI is InChI=1S/C15H22N2O4S/c1-12-9-17(22(2,20)21)14(8-15(18)19)11-16(12)10-13-6-4-3-5-7-13/h3-7,12,14H,8-11H2,1-2H3,(H,18,19)/t12-,14-/m1/s1. The second-order valence-corrected chi connectivity index (χ2v) is 7.78. The third kappa shape index (κ3) is 4.28. The van der Waals surface area contributed by atoms with E-state index in [1.54, 1.807) is 0 Å². The van der Waals surface area contributed by atoms with Crippen LogP contribution in [0.1, 0.15) is 18.9 Å². The van der Waals surface area contributed by atoms with Crippen molar-refractivity contribution < 1.29 is 18.3 Å². The van der Waals surface area contributed by atoms with E-state index in [1.807, 2.05) is 37.3 Å². The maximum Gasteiger partial charge on any atom is 0.305 e. The van der Waals surface area contributed by atoms with Gasteiger partial charge in [-0.2, -0.15) is 4.31 Å². The Kier molecular flexibility index (Phi) is 5.20. The smallest absolute Gasteiger partial charge is 0.305 e. The molecule has 1 heterocycles. The molecule has 22 heavy (non-hydrogen) atoms. The lowest BCUT2D eigenvalue weighted by atomic mass is 10.1. The van der Waals surface area contributed by atoms with Gasteiger partial charge in [0.1, 0.15) is 0 Å². The Labute approximate surface area is 131 Å². The highest BCUT2D eigenvalue weighted by molar-refractivity contribution is 7.88. The van der Waals surface area contributed by atoms with Crippen LogP contribution in [0.5, 0.6) is 0 Å². The number of carbonyl (C=O) groups is 1. The number of carboxylic acids is 1. The van der Waals surface area contributed by atoms with Crippen LogP contribution in [0.25, 0.3) is 0 Å². The Morgan fingerprint density at radius 3 is 2.45 bits per heavy atom. The second kappa shape index (κ2) is 6.76. The van der Waals surface area contributed by atoms with Crippen LogP contribution in [0.4, 0.5) is 0 Å². The molecule has 0 saturated carbocycles. The number of piperazine rings is 1. The molecule has 1 N–H and O–H groups in total. The number of hydrogen-bond acceptors (Lipinski definition) is 4. The average Bonchev–Trinajstić information content (AvgIpc) is 2.41. The minimum Gasteiger partial charge on any atom is -0.481 e. The molecular weight excluding hydrogens is 304 g/mol. The third-order valence-electron chi connectivity index (χ3n) is 3.98. The van der Waals surface area contributed by atoms with Gasteiger partial charge in [0.25, 0.3) is 0 Å². The van der Waals surface area contributed by atoms with Gasteiger partial charge in [0.05, 0.1) is 12.7 Å². The maximum absolute atomic E-state index is 11.9. The first-order chi connectivity index (χ1) is 10.3. The number of nitrogens with zero attached hydrogens (tertiary/aromatic N) is 2. The molecule has 0 bridgehead atoms. The summed E-state index contributed by atoms with van der Waals surface area (Å²) in [4.78, 5) is 13.2. The zero-order chi connectivity index (χ0) is 16.3. The van der Waals surface area contributed by atoms with Crippen molar-refractivity contribution >= 4 is 16.0 Å². The zero-order valence-electron chi connectivity index (χ0n) is 12.8. The number of rotatable bonds is 5. The first kappa shape index (κ1) is 16.9. The summed E-state index contributed by atoms with van der Waals surface area (Å²) in [6.45, 7) is 3.41. The second-order valence-electron chi connectivity index (χ2n) is 5.85. The summed E-state index contributed by atoms with van der Waals surface area (Å²) < 4.78 is 25.1. The van der Waals surface area contributed by atoms with Gasteiger partial charge in [0, 0.05) is 31.7 Å². The Bertz CT molecular complexity index is 618. The van der Waals surface area contributed by atoms with Crippen LogP contribution in [-0.2, 0) is 21.4 Å². The molecule has 7 heteroatoms. The van der Waals surface area contributed by atoms with Crippen LogP contribution in [0.2, 0.25) is 0 Å². The van der Waals surface area contributed by atoms with Gasteiger partial charge >= 0.3 is 5.97 Å². The molecule has 1 aliphatic heterocycles. The van der Waals surface area contributed by atoms with Crippen molar-refractivity contribution in [1.29, 1.82) is 0 Å². The summed E-state index contributed by atoms with van der Waals surface area (Å²) in [6, 6.07) is 9.42. The molecule has 1 fully saturated rings. The normalized spacial score (nSPS) is 24.3. The summed E-state index contributed by atoms with van der Waals surface area (Å²) >= 11 is 0. The molecule has 0 unspecified atom stereocenters. The number of sulfonamides is 1. The van der Waals surface area contributed by atoms with E-state index in [0.29, 0.717) is 19.6 Å². The van der Waals surface area contributed by atoms with Crippen molar-refractivity contribution in [2.75, 3.05) is 19.3 Å². The van der Waals surface area contributed by atoms with Gasteiger partial charge in [-0.1, -0.05) is 30.3 Å². The fraction of sp³-hybridized carbons (Fsp3) is 0.533. The predicted octanol–water partition coefficient (Wildman–Crippen LogP) is 0.996. The van der Waals surface area contributed by atoms with Crippen molar-refractivity contribution in [3.8, 4) is 0 Å². The fourth-order valence-electron chi connectivity index (χ4n) is 2.88. The molecule has 2 atom stereocenters. The lowest BCUT2D eigenvalue weighted by molar-refractivity contribution is -0.138. The van der Waals surface area contributed by atoms with E-state index >= 15 is 0 Å². The van der Waals surface area contributed by atoms with Crippen LogP contribution >= 0.6 is 0 Å². The Hall–Kier alpha value is -1.44. The van der Waals surface area contributed by atoms with Crippen molar-refractivity contribution in [3.05, 3.63) is 35.9 Å². The van der Waals surface area contributed by atoms with Crippen LogP contribution in [0, 0.1) is 0 Å². The Morgan fingerprint density at radius 1 is 1.27 bits per heavy atom. The van der Waals surface area contributed by atoms with Gasteiger partial charge in [-0.05, 0) is 12.5 Å².